The Bertz CT molecular complexity index is 1070. The quantitative estimate of drug-likeness (QED) is 0.719. The van der Waals surface area contributed by atoms with Crippen molar-refractivity contribution in [1.82, 2.24) is 30.0 Å². The predicted molar refractivity (Wildman–Crippen MR) is 103 cm³/mol. The number of aromatic nitrogens is 5. The molecule has 0 fully saturated rings. The van der Waals surface area contributed by atoms with Crippen LogP contribution < -0.4 is 10.9 Å². The van der Waals surface area contributed by atoms with Crippen LogP contribution in [0.1, 0.15) is 47.2 Å². The van der Waals surface area contributed by atoms with Gasteiger partial charge in [-0.3, -0.25) is 9.59 Å². The summed E-state index contributed by atoms with van der Waals surface area (Å²) < 4.78 is 1.84. The molecule has 0 aromatic carbocycles. The zero-order valence-corrected chi connectivity index (χ0v) is 15.9. The molecule has 8 heteroatoms. The highest BCUT2D eigenvalue weighted by Crippen LogP contribution is 2.30. The molecule has 0 bridgehead atoms. The minimum Gasteiger partial charge on any atom is -0.349 e. The molecule has 0 saturated heterocycles. The average molecular weight is 378 g/mol. The van der Waals surface area contributed by atoms with E-state index in [0.29, 0.717) is 17.1 Å². The summed E-state index contributed by atoms with van der Waals surface area (Å²) in [5, 5.41) is 7.55. The minimum absolute atomic E-state index is 0.00859. The summed E-state index contributed by atoms with van der Waals surface area (Å²) in [5.74, 6) is 1.12. The van der Waals surface area contributed by atoms with Gasteiger partial charge >= 0.3 is 0 Å². The summed E-state index contributed by atoms with van der Waals surface area (Å²) >= 11 is 0. The number of amides is 1. The van der Waals surface area contributed by atoms with Gasteiger partial charge in [0.05, 0.1) is 24.4 Å². The molecule has 0 unspecified atom stereocenters. The lowest BCUT2D eigenvalue weighted by molar-refractivity contribution is -0.121. The zero-order chi connectivity index (χ0) is 19.7. The van der Waals surface area contributed by atoms with E-state index in [2.05, 4.69) is 25.4 Å². The van der Waals surface area contributed by atoms with Crippen LogP contribution in [-0.4, -0.2) is 30.6 Å². The number of hydrogen-bond acceptors (Lipinski definition) is 5. The van der Waals surface area contributed by atoms with E-state index < -0.39 is 0 Å². The number of carbonyl (C=O) groups excluding carboxylic acids is 1. The molecule has 3 heterocycles. The monoisotopic (exact) mass is 378 g/mol. The fourth-order valence-corrected chi connectivity index (χ4v) is 3.75. The first-order valence-corrected chi connectivity index (χ1v) is 9.37. The van der Waals surface area contributed by atoms with Crippen molar-refractivity contribution in [2.24, 2.45) is 0 Å². The summed E-state index contributed by atoms with van der Waals surface area (Å²) in [6.45, 7) is 3.47. The van der Waals surface area contributed by atoms with E-state index in [4.69, 9.17) is 0 Å². The smallest absolute Gasteiger partial charge is 0.254 e. The number of carbonyl (C=O) groups is 1. The van der Waals surface area contributed by atoms with Crippen LogP contribution in [-0.2, 0) is 17.6 Å². The standard InChI is InChI=1S/C20H22N6O2/c1-12-14(20(28)24-13(2)23-12)10-19(27)25-16-6-5-7-17-15(16)11-22-26(17)18-8-3-4-9-21-18/h3-4,8-9,11,16H,5-7,10H2,1-2H3,(H,25,27)(H,23,24,28)/t16-/m1/s1. The number of H-pyrrole nitrogens is 1. The summed E-state index contributed by atoms with van der Waals surface area (Å²) in [5.41, 5.74) is 2.82. The van der Waals surface area contributed by atoms with Crippen LogP contribution in [0.25, 0.3) is 5.82 Å². The van der Waals surface area contributed by atoms with E-state index in [1.807, 2.05) is 22.9 Å². The van der Waals surface area contributed by atoms with Gasteiger partial charge < -0.3 is 10.3 Å². The van der Waals surface area contributed by atoms with Gasteiger partial charge in [0.25, 0.3) is 5.56 Å². The number of fused-ring (bicyclic) bond motifs is 1. The molecule has 1 amide bonds. The van der Waals surface area contributed by atoms with Crippen LogP contribution in [0.4, 0.5) is 0 Å². The average Bonchev–Trinajstić information content (AvgIpc) is 3.10. The molecule has 3 aromatic rings. The van der Waals surface area contributed by atoms with E-state index in [1.165, 1.54) is 0 Å². The van der Waals surface area contributed by atoms with Crippen molar-refractivity contribution in [3.05, 3.63) is 69.3 Å². The Morgan fingerprint density at radius 1 is 1.36 bits per heavy atom. The second-order valence-corrected chi connectivity index (χ2v) is 7.05. The third kappa shape index (κ3) is 3.45. The van der Waals surface area contributed by atoms with Crippen molar-refractivity contribution in [1.29, 1.82) is 0 Å². The Morgan fingerprint density at radius 2 is 2.21 bits per heavy atom. The van der Waals surface area contributed by atoms with Gasteiger partial charge in [-0.15, -0.1) is 0 Å². The fraction of sp³-hybridized carbons (Fsp3) is 0.350. The van der Waals surface area contributed by atoms with Crippen LogP contribution in [0.15, 0.2) is 35.4 Å². The molecule has 0 saturated carbocycles. The van der Waals surface area contributed by atoms with E-state index in [-0.39, 0.29) is 23.9 Å². The summed E-state index contributed by atoms with van der Waals surface area (Å²) in [6.07, 6.45) is 6.23. The van der Waals surface area contributed by atoms with Crippen molar-refractivity contribution < 1.29 is 4.79 Å². The van der Waals surface area contributed by atoms with Crippen LogP contribution in [0.3, 0.4) is 0 Å². The number of rotatable bonds is 4. The fourth-order valence-electron chi connectivity index (χ4n) is 3.75. The molecule has 1 aliphatic rings. The molecule has 0 spiro atoms. The van der Waals surface area contributed by atoms with Crippen molar-refractivity contribution >= 4 is 5.91 Å². The van der Waals surface area contributed by atoms with Gasteiger partial charge in [-0.1, -0.05) is 6.07 Å². The number of pyridine rings is 1. The zero-order valence-electron chi connectivity index (χ0n) is 15.9. The van der Waals surface area contributed by atoms with Gasteiger partial charge in [0.1, 0.15) is 5.82 Å². The van der Waals surface area contributed by atoms with E-state index in [0.717, 1.165) is 36.3 Å². The molecule has 0 aliphatic heterocycles. The first-order chi connectivity index (χ1) is 13.5. The number of aromatic amines is 1. The van der Waals surface area contributed by atoms with Crippen molar-refractivity contribution in [2.75, 3.05) is 0 Å². The molecule has 0 radical (unpaired) electrons. The lowest BCUT2D eigenvalue weighted by Gasteiger charge is -2.24. The third-order valence-electron chi connectivity index (χ3n) is 5.06. The van der Waals surface area contributed by atoms with E-state index in [9.17, 15) is 9.59 Å². The largest absolute Gasteiger partial charge is 0.349 e. The minimum atomic E-state index is -0.257. The molecule has 8 nitrogen and oxygen atoms in total. The SMILES string of the molecule is Cc1nc(C)c(CC(=O)N[C@@H]2CCCc3c2cnn3-c2ccccn2)c(=O)[nH]1. The third-order valence-corrected chi connectivity index (χ3v) is 5.06. The topological polar surface area (TPSA) is 106 Å². The summed E-state index contributed by atoms with van der Waals surface area (Å²) in [4.78, 5) is 36.1. The Morgan fingerprint density at radius 3 is 2.96 bits per heavy atom. The molecule has 1 aliphatic carbocycles. The lowest BCUT2D eigenvalue weighted by Crippen LogP contribution is -2.34. The Hall–Kier alpha value is -3.29. The van der Waals surface area contributed by atoms with E-state index >= 15 is 0 Å². The lowest BCUT2D eigenvalue weighted by atomic mass is 9.92. The van der Waals surface area contributed by atoms with Gasteiger partial charge in [-0.05, 0) is 45.2 Å². The van der Waals surface area contributed by atoms with Gasteiger partial charge in [0, 0.05) is 23.0 Å². The number of aryl methyl sites for hydroxylation is 2. The van der Waals surface area contributed by atoms with Gasteiger partial charge in [0.15, 0.2) is 5.82 Å². The normalized spacial score (nSPS) is 15.9. The summed E-state index contributed by atoms with van der Waals surface area (Å²) in [6, 6.07) is 5.58. The Kier molecular flexibility index (Phi) is 4.77. The van der Waals surface area contributed by atoms with Crippen LogP contribution in [0, 0.1) is 13.8 Å². The Labute approximate surface area is 162 Å². The highest BCUT2D eigenvalue weighted by molar-refractivity contribution is 5.79. The van der Waals surface area contributed by atoms with Gasteiger partial charge in [-0.25, -0.2) is 14.6 Å². The molecule has 144 valence electrons. The molecule has 4 rings (SSSR count). The van der Waals surface area contributed by atoms with Crippen molar-refractivity contribution in [3.63, 3.8) is 0 Å². The second kappa shape index (κ2) is 7.38. The highest BCUT2D eigenvalue weighted by Gasteiger charge is 2.26. The molecule has 28 heavy (non-hydrogen) atoms. The van der Waals surface area contributed by atoms with Crippen LogP contribution in [0.2, 0.25) is 0 Å². The van der Waals surface area contributed by atoms with Crippen LogP contribution in [0.5, 0.6) is 0 Å². The number of nitrogens with one attached hydrogen (secondary N) is 2. The number of hydrogen-bond donors (Lipinski definition) is 2. The molecule has 2 N–H and O–H groups in total. The first-order valence-electron chi connectivity index (χ1n) is 9.37. The highest BCUT2D eigenvalue weighted by atomic mass is 16.2. The molecular formula is C20H22N6O2. The van der Waals surface area contributed by atoms with Crippen molar-refractivity contribution in [2.45, 2.75) is 45.6 Å². The maximum Gasteiger partial charge on any atom is 0.254 e. The van der Waals surface area contributed by atoms with Gasteiger partial charge in [0.2, 0.25) is 5.91 Å². The van der Waals surface area contributed by atoms with Crippen molar-refractivity contribution in [3.8, 4) is 5.82 Å². The number of nitrogens with zero attached hydrogens (tertiary/aromatic N) is 4. The maximum absolute atomic E-state index is 12.6. The van der Waals surface area contributed by atoms with E-state index in [1.54, 1.807) is 26.2 Å². The second-order valence-electron chi connectivity index (χ2n) is 7.05. The van der Waals surface area contributed by atoms with Crippen LogP contribution >= 0.6 is 0 Å². The molecular weight excluding hydrogens is 356 g/mol. The first kappa shape index (κ1) is 18.1. The van der Waals surface area contributed by atoms with Gasteiger partial charge in [-0.2, -0.15) is 5.10 Å². The Balaban J connectivity index is 1.54. The maximum atomic E-state index is 12.6. The summed E-state index contributed by atoms with van der Waals surface area (Å²) in [7, 11) is 0. The molecule has 3 aromatic heterocycles. The predicted octanol–water partition coefficient (Wildman–Crippen LogP) is 1.70. The molecule has 1 atom stereocenters.